The molecule has 0 atom stereocenters. The van der Waals surface area contributed by atoms with Crippen molar-refractivity contribution in [2.75, 3.05) is 0 Å². The van der Waals surface area contributed by atoms with E-state index in [1.807, 2.05) is 0 Å². The fourth-order valence-corrected chi connectivity index (χ4v) is 0.658. The van der Waals surface area contributed by atoms with Gasteiger partial charge in [0.15, 0.2) is 0 Å². The van der Waals surface area contributed by atoms with Gasteiger partial charge in [-0.2, -0.15) is 0 Å². The molecule has 0 aromatic rings. The summed E-state index contributed by atoms with van der Waals surface area (Å²) >= 11 is 0. The number of hydrogen-bond acceptors (Lipinski definition) is 2. The van der Waals surface area contributed by atoms with E-state index in [-0.39, 0.29) is 0 Å². The summed E-state index contributed by atoms with van der Waals surface area (Å²) in [6.45, 7) is 4.11. The molecule has 0 aromatic carbocycles. The molecule has 2 nitrogen and oxygen atoms in total. The minimum Gasteiger partial charge on any atom is -0.386 e. The van der Waals surface area contributed by atoms with Crippen LogP contribution >= 0.6 is 0 Å². The maximum atomic E-state index is 5.32. The lowest BCUT2D eigenvalue weighted by atomic mass is 10.1. The van der Waals surface area contributed by atoms with E-state index in [1.165, 1.54) is 0 Å². The van der Waals surface area contributed by atoms with Crippen LogP contribution in [0.2, 0.25) is 0 Å². The van der Waals surface area contributed by atoms with Crippen molar-refractivity contribution in [3.05, 3.63) is 11.4 Å². The summed E-state index contributed by atoms with van der Waals surface area (Å²) in [6.07, 6.45) is 1.94. The highest BCUT2D eigenvalue weighted by molar-refractivity contribution is 5.05. The van der Waals surface area contributed by atoms with Crippen LogP contribution in [-0.2, 0) is 0 Å². The highest BCUT2D eigenvalue weighted by Crippen LogP contribution is 2.04. The van der Waals surface area contributed by atoms with Crippen LogP contribution in [0.4, 0.5) is 0 Å². The Morgan fingerprint density at radius 2 is 1.50 bits per heavy atom. The third-order valence-corrected chi connectivity index (χ3v) is 1.26. The van der Waals surface area contributed by atoms with Gasteiger partial charge in [0.05, 0.1) is 5.82 Å². The second kappa shape index (κ2) is 3.36. The first kappa shape index (κ1) is 7.34. The van der Waals surface area contributed by atoms with E-state index in [0.717, 1.165) is 18.4 Å². The molecule has 0 amide bonds. The van der Waals surface area contributed by atoms with Crippen LogP contribution in [0.25, 0.3) is 0 Å². The summed E-state index contributed by atoms with van der Waals surface area (Å²) in [7, 11) is 0. The van der Waals surface area contributed by atoms with Gasteiger partial charge in [-0.25, -0.2) is 0 Å². The van der Waals surface area contributed by atoms with Crippen molar-refractivity contribution in [3.63, 3.8) is 0 Å². The molecule has 0 saturated carbocycles. The van der Waals surface area contributed by atoms with Crippen molar-refractivity contribution in [1.29, 1.82) is 0 Å². The zero-order chi connectivity index (χ0) is 6.57. The first-order chi connectivity index (χ1) is 3.72. The molecule has 0 fully saturated rings. The van der Waals surface area contributed by atoms with Gasteiger partial charge in [0.2, 0.25) is 0 Å². The van der Waals surface area contributed by atoms with Crippen molar-refractivity contribution in [2.24, 2.45) is 11.5 Å². The molecule has 0 aromatic heterocycles. The van der Waals surface area contributed by atoms with Crippen LogP contribution in [0, 0.1) is 0 Å². The Bertz CT molecular complexity index is 84.7. The molecule has 0 saturated heterocycles. The molecule has 0 aliphatic rings. The van der Waals surface area contributed by atoms with E-state index in [0.29, 0.717) is 5.82 Å². The minimum atomic E-state index is 0.495. The number of nitrogens with two attached hydrogens (primary N) is 2. The molecule has 0 heterocycles. The summed E-state index contributed by atoms with van der Waals surface area (Å²) in [5.74, 6) is 0.495. The maximum absolute atomic E-state index is 5.32. The molecular formula is C6H14N2. The van der Waals surface area contributed by atoms with Gasteiger partial charge in [-0.3, -0.25) is 0 Å². The van der Waals surface area contributed by atoms with E-state index in [4.69, 9.17) is 11.5 Å². The number of allylic oxidation sites excluding steroid dienone is 1. The molecule has 48 valence electrons. The van der Waals surface area contributed by atoms with E-state index in [1.54, 1.807) is 0 Å². The fourth-order valence-electron chi connectivity index (χ4n) is 0.658. The molecule has 0 aliphatic heterocycles. The normalized spacial score (nSPS) is 8.75. The molecule has 0 rings (SSSR count). The van der Waals surface area contributed by atoms with Gasteiger partial charge < -0.3 is 11.5 Å². The van der Waals surface area contributed by atoms with Gasteiger partial charge in [-0.05, 0) is 18.4 Å². The fraction of sp³-hybridized carbons (Fsp3) is 0.667. The first-order valence-electron chi connectivity index (χ1n) is 2.95. The summed E-state index contributed by atoms with van der Waals surface area (Å²) < 4.78 is 0. The average Bonchev–Trinajstić information content (AvgIpc) is 1.69. The largest absolute Gasteiger partial charge is 0.386 e. The number of rotatable bonds is 2. The molecule has 0 bridgehead atoms. The Hall–Kier alpha value is -0.660. The third-order valence-electron chi connectivity index (χ3n) is 1.26. The molecular weight excluding hydrogens is 100 g/mol. The molecule has 0 spiro atoms. The molecule has 4 N–H and O–H groups in total. The highest BCUT2D eigenvalue weighted by atomic mass is 14.8. The maximum Gasteiger partial charge on any atom is 0.0925 e. The predicted octanol–water partition coefficient (Wildman–Crippen LogP) is 0.935. The highest BCUT2D eigenvalue weighted by Gasteiger charge is 1.91. The second-order valence-corrected chi connectivity index (χ2v) is 1.77. The summed E-state index contributed by atoms with van der Waals surface area (Å²) in [6, 6.07) is 0. The van der Waals surface area contributed by atoms with Crippen molar-refractivity contribution in [1.82, 2.24) is 0 Å². The topological polar surface area (TPSA) is 52.0 Å². The first-order valence-corrected chi connectivity index (χ1v) is 2.95. The molecule has 2 heteroatoms. The van der Waals surface area contributed by atoms with Crippen LogP contribution in [0.3, 0.4) is 0 Å². The van der Waals surface area contributed by atoms with Gasteiger partial charge in [-0.15, -0.1) is 0 Å². The van der Waals surface area contributed by atoms with Crippen LogP contribution in [-0.4, -0.2) is 0 Å². The quantitative estimate of drug-likeness (QED) is 0.561. The lowest BCUT2D eigenvalue weighted by molar-refractivity contribution is 0.928. The third kappa shape index (κ3) is 1.87. The van der Waals surface area contributed by atoms with E-state index >= 15 is 0 Å². The molecule has 8 heavy (non-hydrogen) atoms. The zero-order valence-electron chi connectivity index (χ0n) is 5.57. The Morgan fingerprint density at radius 1 is 1.12 bits per heavy atom. The van der Waals surface area contributed by atoms with Gasteiger partial charge >= 0.3 is 0 Å². The van der Waals surface area contributed by atoms with Gasteiger partial charge in [0.25, 0.3) is 0 Å². The zero-order valence-corrected chi connectivity index (χ0v) is 5.57. The van der Waals surface area contributed by atoms with Crippen LogP contribution in [0.1, 0.15) is 26.7 Å². The Balaban J connectivity index is 3.86. The van der Waals surface area contributed by atoms with Gasteiger partial charge in [0.1, 0.15) is 0 Å². The molecule has 0 radical (unpaired) electrons. The van der Waals surface area contributed by atoms with E-state index in [2.05, 4.69) is 13.8 Å². The Morgan fingerprint density at radius 3 is 1.50 bits per heavy atom. The summed E-state index contributed by atoms with van der Waals surface area (Å²) in [4.78, 5) is 0. The lowest BCUT2D eigenvalue weighted by Crippen LogP contribution is -2.11. The van der Waals surface area contributed by atoms with E-state index in [9.17, 15) is 0 Å². The second-order valence-electron chi connectivity index (χ2n) is 1.77. The Labute approximate surface area is 50.6 Å². The van der Waals surface area contributed by atoms with Crippen molar-refractivity contribution in [2.45, 2.75) is 26.7 Å². The minimum absolute atomic E-state index is 0.495. The summed E-state index contributed by atoms with van der Waals surface area (Å²) in [5, 5.41) is 0. The van der Waals surface area contributed by atoms with Crippen molar-refractivity contribution < 1.29 is 0 Å². The van der Waals surface area contributed by atoms with Crippen LogP contribution < -0.4 is 11.5 Å². The SMILES string of the molecule is CCC(CC)=C(N)N. The molecule has 0 aliphatic carbocycles. The van der Waals surface area contributed by atoms with Gasteiger partial charge in [-0.1, -0.05) is 13.8 Å². The van der Waals surface area contributed by atoms with Gasteiger partial charge in [0, 0.05) is 0 Å². The van der Waals surface area contributed by atoms with Crippen LogP contribution in [0.15, 0.2) is 11.4 Å². The van der Waals surface area contributed by atoms with Crippen LogP contribution in [0.5, 0.6) is 0 Å². The van der Waals surface area contributed by atoms with E-state index < -0.39 is 0 Å². The average molecular weight is 114 g/mol. The molecule has 0 unspecified atom stereocenters. The monoisotopic (exact) mass is 114 g/mol. The standard InChI is InChI=1S/C6H14N2/c1-3-5(4-2)6(7)8/h3-4,7-8H2,1-2H3. The predicted molar refractivity (Wildman–Crippen MR) is 36.0 cm³/mol. The smallest absolute Gasteiger partial charge is 0.0925 e. The van der Waals surface area contributed by atoms with Crippen molar-refractivity contribution >= 4 is 0 Å². The Kier molecular flexibility index (Phi) is 3.08. The number of hydrogen-bond donors (Lipinski definition) is 2. The lowest BCUT2D eigenvalue weighted by Gasteiger charge is -2.00. The summed E-state index contributed by atoms with van der Waals surface area (Å²) in [5.41, 5.74) is 11.8. The van der Waals surface area contributed by atoms with Crippen molar-refractivity contribution in [3.8, 4) is 0 Å².